The summed E-state index contributed by atoms with van der Waals surface area (Å²) in [7, 11) is 0. The summed E-state index contributed by atoms with van der Waals surface area (Å²) in [5, 5.41) is 13.1. The van der Waals surface area contributed by atoms with E-state index in [1.807, 2.05) is 13.8 Å². The topological polar surface area (TPSA) is 134 Å². The van der Waals surface area contributed by atoms with Gasteiger partial charge in [0.05, 0.1) is 22.4 Å². The number of anilines is 3. The van der Waals surface area contributed by atoms with Crippen molar-refractivity contribution in [1.29, 1.82) is 0 Å². The first-order valence-electron chi connectivity index (χ1n) is 13.3. The van der Waals surface area contributed by atoms with Crippen LogP contribution >= 0.6 is 0 Å². The third kappa shape index (κ3) is 5.44. The van der Waals surface area contributed by atoms with Crippen LogP contribution in [0.3, 0.4) is 0 Å². The second-order valence-electron chi connectivity index (χ2n) is 10.8. The largest absolute Gasteiger partial charge is 0.471 e. The average molecular weight is 560 g/mol. The van der Waals surface area contributed by atoms with Gasteiger partial charge in [0.15, 0.2) is 0 Å². The molecule has 11 nitrogen and oxygen atoms in total. The van der Waals surface area contributed by atoms with Crippen molar-refractivity contribution < 1.29 is 22.5 Å². The van der Waals surface area contributed by atoms with E-state index in [0.717, 1.165) is 42.1 Å². The second kappa shape index (κ2) is 10.6. The molecule has 1 saturated heterocycles. The number of rotatable bonds is 8. The zero-order valence-corrected chi connectivity index (χ0v) is 22.8. The summed E-state index contributed by atoms with van der Waals surface area (Å²) in [5.74, 6) is -0.440. The molecule has 0 atom stereocenters. The molecule has 3 N–H and O–H groups in total. The number of amides is 1. The number of alkyl halides is 3. The molecule has 40 heavy (non-hydrogen) atoms. The Morgan fingerprint density at radius 1 is 1.15 bits per heavy atom. The van der Waals surface area contributed by atoms with E-state index in [-0.39, 0.29) is 23.3 Å². The molecule has 3 aromatic rings. The van der Waals surface area contributed by atoms with Gasteiger partial charge in [-0.3, -0.25) is 4.79 Å². The van der Waals surface area contributed by atoms with Crippen molar-refractivity contribution in [2.24, 2.45) is 0 Å². The Labute approximate surface area is 229 Å². The molecule has 14 heteroatoms. The Morgan fingerprint density at radius 3 is 2.58 bits per heavy atom. The van der Waals surface area contributed by atoms with Crippen LogP contribution in [0.25, 0.3) is 11.5 Å². The molecule has 1 fully saturated rings. The summed E-state index contributed by atoms with van der Waals surface area (Å²) >= 11 is 0. The number of fused-ring (bicyclic) bond motifs is 1. The van der Waals surface area contributed by atoms with E-state index >= 15 is 0 Å². The summed E-state index contributed by atoms with van der Waals surface area (Å²) in [5.41, 5.74) is 1.80. The number of carbonyl (C=O) groups excluding carboxylic acids is 1. The lowest BCUT2D eigenvalue weighted by Crippen LogP contribution is -2.36. The minimum Gasteiger partial charge on any atom is -0.382 e. The molecule has 1 amide bonds. The first-order valence-corrected chi connectivity index (χ1v) is 13.3. The maximum Gasteiger partial charge on any atom is 0.471 e. The first kappa shape index (κ1) is 27.7. The van der Waals surface area contributed by atoms with Gasteiger partial charge in [0.1, 0.15) is 23.7 Å². The van der Waals surface area contributed by atoms with Gasteiger partial charge in [-0.05, 0) is 38.8 Å². The van der Waals surface area contributed by atoms with Crippen LogP contribution in [0.1, 0.15) is 63.6 Å². The molecule has 0 aromatic carbocycles. The number of hydrogen-bond acceptors (Lipinski definition) is 10. The number of nitrogens with zero attached hydrogens (tertiary/aromatic N) is 6. The third-order valence-corrected chi connectivity index (χ3v) is 7.25. The molecular formula is C26H32F3N9O2. The van der Waals surface area contributed by atoms with E-state index < -0.39 is 17.5 Å². The first-order chi connectivity index (χ1) is 18.9. The molecule has 0 aliphatic carbocycles. The van der Waals surface area contributed by atoms with Gasteiger partial charge < -0.3 is 25.4 Å². The maximum atomic E-state index is 13.0. The Kier molecular flexibility index (Phi) is 7.38. The highest BCUT2D eigenvalue weighted by Gasteiger charge is 2.43. The fourth-order valence-corrected chi connectivity index (χ4v) is 5.09. The summed E-state index contributed by atoms with van der Waals surface area (Å²) in [6, 6.07) is 3.74. The van der Waals surface area contributed by atoms with Crippen LogP contribution in [0, 0.1) is 0 Å². The fraction of sp³-hybridized carbons (Fsp3) is 0.538. The van der Waals surface area contributed by atoms with Crippen molar-refractivity contribution in [3.63, 3.8) is 0 Å². The van der Waals surface area contributed by atoms with Gasteiger partial charge in [-0.1, -0.05) is 19.0 Å². The van der Waals surface area contributed by atoms with E-state index in [1.165, 1.54) is 6.33 Å². The predicted molar refractivity (Wildman–Crippen MR) is 142 cm³/mol. The molecule has 5 heterocycles. The molecule has 0 radical (unpaired) electrons. The number of aromatic nitrogens is 5. The van der Waals surface area contributed by atoms with E-state index in [0.29, 0.717) is 31.5 Å². The zero-order chi connectivity index (χ0) is 28.7. The minimum atomic E-state index is -4.73. The highest BCUT2D eigenvalue weighted by atomic mass is 19.4. The van der Waals surface area contributed by atoms with Crippen molar-refractivity contribution in [2.45, 2.75) is 64.1 Å². The summed E-state index contributed by atoms with van der Waals surface area (Å²) in [4.78, 5) is 31.7. The average Bonchev–Trinajstić information content (AvgIpc) is 3.50. The Morgan fingerprint density at radius 2 is 1.90 bits per heavy atom. The summed E-state index contributed by atoms with van der Waals surface area (Å²) in [6.45, 7) is 10.5. The van der Waals surface area contributed by atoms with Crippen LogP contribution in [0.2, 0.25) is 0 Å². The van der Waals surface area contributed by atoms with E-state index in [4.69, 9.17) is 4.98 Å². The van der Waals surface area contributed by atoms with Crippen LogP contribution < -0.4 is 20.9 Å². The van der Waals surface area contributed by atoms with Gasteiger partial charge in [-0.25, -0.2) is 15.0 Å². The summed E-state index contributed by atoms with van der Waals surface area (Å²) in [6.07, 6.45) is -1.84. The van der Waals surface area contributed by atoms with Crippen molar-refractivity contribution in [1.82, 2.24) is 30.4 Å². The summed E-state index contributed by atoms with van der Waals surface area (Å²) < 4.78 is 43.5. The van der Waals surface area contributed by atoms with Gasteiger partial charge in [0.25, 0.3) is 0 Å². The lowest BCUT2D eigenvalue weighted by Gasteiger charge is -2.35. The van der Waals surface area contributed by atoms with Crippen LogP contribution in [-0.2, 0) is 16.4 Å². The zero-order valence-electron chi connectivity index (χ0n) is 22.8. The van der Waals surface area contributed by atoms with Crippen LogP contribution in [0.15, 0.2) is 23.0 Å². The smallest absolute Gasteiger partial charge is 0.382 e. The number of halogens is 3. The van der Waals surface area contributed by atoms with Crippen molar-refractivity contribution in [3.8, 4) is 11.5 Å². The monoisotopic (exact) mass is 559 g/mol. The number of hydrogen-bond donors (Lipinski definition) is 3. The highest BCUT2D eigenvalue weighted by Crippen LogP contribution is 2.43. The standard InChI is InChI=1S/C26H32F3N9O2/c1-14(2)30-9-10-31-16-5-6-17(20-36-24(40-37-20)26(27,28)29)34-19(16)15-7-11-38(12-8-15)22-18-21(32-13-33-22)35-23(39)25(18,3)4/h5-6,13-15,30-31H,7-12H2,1-4H3,(H,32,33,35,39). The van der Waals surface area contributed by atoms with Crippen LogP contribution in [0.5, 0.6) is 0 Å². The van der Waals surface area contributed by atoms with E-state index in [9.17, 15) is 18.0 Å². The SMILES string of the molecule is CC(C)NCCNc1ccc(-c2noc(C(F)(F)F)n2)nc1C1CCN(c2ncnc3c2C(C)(C)C(=O)N3)CC1. The number of nitrogens with one attached hydrogen (secondary N) is 3. The van der Waals surface area contributed by atoms with Gasteiger partial charge in [-0.15, -0.1) is 0 Å². The number of carbonyl (C=O) groups is 1. The second-order valence-corrected chi connectivity index (χ2v) is 10.8. The molecule has 0 spiro atoms. The van der Waals surface area contributed by atoms with Crippen LogP contribution in [-0.4, -0.2) is 63.2 Å². The van der Waals surface area contributed by atoms with Crippen molar-refractivity contribution in [2.75, 3.05) is 41.7 Å². The molecule has 2 aliphatic heterocycles. The van der Waals surface area contributed by atoms with Gasteiger partial charge in [0.2, 0.25) is 11.7 Å². The fourth-order valence-electron chi connectivity index (χ4n) is 5.09. The van der Waals surface area contributed by atoms with Crippen molar-refractivity contribution in [3.05, 3.63) is 35.6 Å². The molecule has 214 valence electrons. The molecule has 0 unspecified atom stereocenters. The van der Waals surface area contributed by atoms with E-state index in [1.54, 1.807) is 12.1 Å². The molecule has 0 saturated carbocycles. The Bertz CT molecular complexity index is 1380. The maximum absolute atomic E-state index is 13.0. The third-order valence-electron chi connectivity index (χ3n) is 7.25. The Hall–Kier alpha value is -3.81. The number of piperidine rings is 1. The number of pyridine rings is 1. The Balaban J connectivity index is 1.38. The molecule has 2 aliphatic rings. The highest BCUT2D eigenvalue weighted by molar-refractivity contribution is 6.06. The predicted octanol–water partition coefficient (Wildman–Crippen LogP) is 3.96. The van der Waals surface area contributed by atoms with Gasteiger partial charge >= 0.3 is 12.1 Å². The quantitative estimate of drug-likeness (QED) is 0.348. The lowest BCUT2D eigenvalue weighted by atomic mass is 9.86. The normalized spacial score (nSPS) is 17.3. The van der Waals surface area contributed by atoms with Gasteiger partial charge in [-0.2, -0.15) is 18.2 Å². The molecule has 5 rings (SSSR count). The molecular weight excluding hydrogens is 527 g/mol. The van der Waals surface area contributed by atoms with Crippen LogP contribution in [0.4, 0.5) is 30.5 Å². The minimum absolute atomic E-state index is 0.0217. The lowest BCUT2D eigenvalue weighted by molar-refractivity contribution is -0.159. The van der Waals surface area contributed by atoms with E-state index in [2.05, 4.69) is 59.3 Å². The van der Waals surface area contributed by atoms with Gasteiger partial charge in [0, 0.05) is 38.1 Å². The molecule has 3 aromatic heterocycles. The van der Waals surface area contributed by atoms with Crippen molar-refractivity contribution >= 4 is 23.2 Å². The molecule has 0 bridgehead atoms.